The summed E-state index contributed by atoms with van der Waals surface area (Å²) in [5.74, 6) is 1.43. The Morgan fingerprint density at radius 3 is 3.24 bits per heavy atom. The van der Waals surface area contributed by atoms with E-state index < -0.39 is 0 Å². The van der Waals surface area contributed by atoms with E-state index in [1.54, 1.807) is 11.3 Å². The molecule has 112 valence electrons. The lowest BCUT2D eigenvalue weighted by molar-refractivity contribution is -0.122. The highest BCUT2D eigenvalue weighted by Crippen LogP contribution is 2.16. The minimum atomic E-state index is 0.00936. The Bertz CT molecular complexity index is 576. The zero-order valence-corrected chi connectivity index (χ0v) is 12.4. The van der Waals surface area contributed by atoms with Crippen LogP contribution in [0.5, 0.6) is 0 Å². The molecule has 0 aliphatic carbocycles. The Labute approximate surface area is 126 Å². The molecule has 1 saturated heterocycles. The third-order valence-electron chi connectivity index (χ3n) is 3.36. The molecule has 0 aromatic carbocycles. The minimum absolute atomic E-state index is 0.00936. The summed E-state index contributed by atoms with van der Waals surface area (Å²) in [5.41, 5.74) is 0. The Hall–Kier alpha value is -1.73. The summed E-state index contributed by atoms with van der Waals surface area (Å²) in [6.45, 7) is 1.75. The molecule has 1 amide bonds. The van der Waals surface area contributed by atoms with Crippen molar-refractivity contribution >= 4 is 17.2 Å². The summed E-state index contributed by atoms with van der Waals surface area (Å²) in [6.07, 6.45) is 2.10. The summed E-state index contributed by atoms with van der Waals surface area (Å²) in [5, 5.41) is 8.71. The number of aromatic nitrogens is 2. The molecule has 0 radical (unpaired) electrons. The van der Waals surface area contributed by atoms with Gasteiger partial charge in [0.15, 0.2) is 5.82 Å². The number of amides is 1. The average molecular weight is 307 g/mol. The first kappa shape index (κ1) is 14.2. The van der Waals surface area contributed by atoms with Gasteiger partial charge in [-0.25, -0.2) is 0 Å². The molecule has 1 fully saturated rings. The number of thiophene rings is 1. The van der Waals surface area contributed by atoms with E-state index in [-0.39, 0.29) is 5.91 Å². The van der Waals surface area contributed by atoms with Crippen LogP contribution in [0.3, 0.4) is 0 Å². The van der Waals surface area contributed by atoms with E-state index >= 15 is 0 Å². The number of ether oxygens (including phenoxy) is 1. The number of nitrogens with one attached hydrogen (secondary N) is 1. The van der Waals surface area contributed by atoms with E-state index in [1.165, 1.54) is 4.88 Å². The fraction of sp³-hybridized carbons (Fsp3) is 0.500. The van der Waals surface area contributed by atoms with Crippen molar-refractivity contribution in [1.82, 2.24) is 15.5 Å². The van der Waals surface area contributed by atoms with Gasteiger partial charge >= 0.3 is 0 Å². The minimum Gasteiger partial charge on any atom is -0.381 e. The van der Waals surface area contributed by atoms with Gasteiger partial charge in [-0.15, -0.1) is 11.3 Å². The number of hydrogen-bond acceptors (Lipinski definition) is 6. The second-order valence-corrected chi connectivity index (χ2v) is 6.10. The van der Waals surface area contributed by atoms with Gasteiger partial charge in [-0.2, -0.15) is 4.98 Å². The number of hydrogen-bond donors (Lipinski definition) is 1. The molecule has 3 heterocycles. The van der Waals surface area contributed by atoms with Crippen molar-refractivity contribution in [2.24, 2.45) is 5.92 Å². The predicted octanol–water partition coefficient (Wildman–Crippen LogP) is 1.76. The van der Waals surface area contributed by atoms with Crippen molar-refractivity contribution in [3.63, 3.8) is 0 Å². The lowest BCUT2D eigenvalue weighted by atomic mass is 10.1. The quantitative estimate of drug-likeness (QED) is 0.880. The highest BCUT2D eigenvalue weighted by Gasteiger charge is 2.19. The van der Waals surface area contributed by atoms with Crippen molar-refractivity contribution in [3.8, 4) is 0 Å². The molecule has 1 aliphatic heterocycles. The maximum Gasteiger partial charge on any atom is 0.231 e. The van der Waals surface area contributed by atoms with Crippen LogP contribution in [0.1, 0.15) is 29.4 Å². The molecule has 7 heteroatoms. The van der Waals surface area contributed by atoms with Gasteiger partial charge in [0.1, 0.15) is 0 Å². The highest BCUT2D eigenvalue weighted by molar-refractivity contribution is 7.09. The molecule has 0 spiro atoms. The van der Waals surface area contributed by atoms with Gasteiger partial charge in [0, 0.05) is 24.5 Å². The van der Waals surface area contributed by atoms with Crippen LogP contribution in [-0.2, 0) is 22.5 Å². The Balaban J connectivity index is 1.44. The first-order chi connectivity index (χ1) is 10.3. The zero-order chi connectivity index (χ0) is 14.5. The normalized spacial score (nSPS) is 18.0. The van der Waals surface area contributed by atoms with Gasteiger partial charge in [0.05, 0.1) is 13.0 Å². The van der Waals surface area contributed by atoms with Crippen LogP contribution < -0.4 is 5.32 Å². The van der Waals surface area contributed by atoms with Crippen LogP contribution in [0.2, 0.25) is 0 Å². The lowest BCUT2D eigenvalue weighted by Crippen LogP contribution is -2.25. The summed E-state index contributed by atoms with van der Waals surface area (Å²) in [7, 11) is 0. The second kappa shape index (κ2) is 6.82. The molecule has 1 N–H and O–H groups in total. The van der Waals surface area contributed by atoms with Crippen LogP contribution in [0.15, 0.2) is 22.0 Å². The summed E-state index contributed by atoms with van der Waals surface area (Å²) in [4.78, 5) is 17.2. The summed E-state index contributed by atoms with van der Waals surface area (Å²) < 4.78 is 10.4. The third kappa shape index (κ3) is 4.12. The van der Waals surface area contributed by atoms with E-state index in [4.69, 9.17) is 9.26 Å². The molecule has 1 atom stereocenters. The zero-order valence-electron chi connectivity index (χ0n) is 11.6. The van der Waals surface area contributed by atoms with Crippen LogP contribution in [0.4, 0.5) is 0 Å². The number of carbonyl (C=O) groups excluding carboxylic acids is 1. The van der Waals surface area contributed by atoms with Crippen molar-refractivity contribution < 1.29 is 14.1 Å². The van der Waals surface area contributed by atoms with Crippen LogP contribution >= 0.6 is 11.3 Å². The smallest absolute Gasteiger partial charge is 0.231 e. The van der Waals surface area contributed by atoms with Crippen molar-refractivity contribution in [2.45, 2.75) is 25.8 Å². The molecule has 0 bridgehead atoms. The summed E-state index contributed by atoms with van der Waals surface area (Å²) in [6, 6.07) is 4.02. The fourth-order valence-electron chi connectivity index (χ4n) is 2.25. The summed E-state index contributed by atoms with van der Waals surface area (Å²) >= 11 is 1.65. The SMILES string of the molecule is O=C(C[C@H]1CCOC1)NCc1noc(Cc2cccs2)n1. The molecule has 0 unspecified atom stereocenters. The van der Waals surface area contributed by atoms with Crippen molar-refractivity contribution in [2.75, 3.05) is 13.2 Å². The van der Waals surface area contributed by atoms with Gasteiger partial charge < -0.3 is 14.6 Å². The fourth-order valence-corrected chi connectivity index (χ4v) is 2.95. The lowest BCUT2D eigenvalue weighted by Gasteiger charge is -2.06. The number of carbonyl (C=O) groups is 1. The van der Waals surface area contributed by atoms with E-state index in [0.717, 1.165) is 13.0 Å². The monoisotopic (exact) mass is 307 g/mol. The first-order valence-electron chi connectivity index (χ1n) is 6.98. The number of rotatable bonds is 6. The molecule has 1 aliphatic rings. The van der Waals surface area contributed by atoms with Crippen LogP contribution in [0, 0.1) is 5.92 Å². The maximum absolute atomic E-state index is 11.8. The van der Waals surface area contributed by atoms with Gasteiger partial charge in [0.2, 0.25) is 11.8 Å². The standard InChI is InChI=1S/C14H17N3O3S/c18-13(6-10-3-4-19-9-10)15-8-12-16-14(20-17-12)7-11-2-1-5-21-11/h1-2,5,10H,3-4,6-9H2,(H,15,18)/t10-/m1/s1. The topological polar surface area (TPSA) is 77.2 Å². The van der Waals surface area contributed by atoms with Gasteiger partial charge in [-0.05, 0) is 23.8 Å². The average Bonchev–Trinajstić information content (AvgIpc) is 3.19. The highest BCUT2D eigenvalue weighted by atomic mass is 32.1. The molecule has 0 saturated carbocycles. The Kier molecular flexibility index (Phi) is 4.62. The van der Waals surface area contributed by atoms with E-state index in [9.17, 15) is 4.79 Å². The molecular formula is C14H17N3O3S. The van der Waals surface area contributed by atoms with Crippen molar-refractivity contribution in [1.29, 1.82) is 0 Å². The van der Waals surface area contributed by atoms with E-state index in [0.29, 0.717) is 43.6 Å². The molecule has 21 heavy (non-hydrogen) atoms. The first-order valence-corrected chi connectivity index (χ1v) is 7.86. The number of nitrogens with zero attached hydrogens (tertiary/aromatic N) is 2. The molecule has 3 rings (SSSR count). The van der Waals surface area contributed by atoms with Crippen molar-refractivity contribution in [3.05, 3.63) is 34.1 Å². The molecular weight excluding hydrogens is 290 g/mol. The van der Waals surface area contributed by atoms with E-state index in [2.05, 4.69) is 15.5 Å². The van der Waals surface area contributed by atoms with Gasteiger partial charge in [-0.3, -0.25) is 4.79 Å². The maximum atomic E-state index is 11.8. The predicted molar refractivity (Wildman–Crippen MR) is 76.8 cm³/mol. The Morgan fingerprint density at radius 2 is 2.48 bits per heavy atom. The third-order valence-corrected chi connectivity index (χ3v) is 4.23. The second-order valence-electron chi connectivity index (χ2n) is 5.07. The van der Waals surface area contributed by atoms with Crippen LogP contribution in [-0.4, -0.2) is 29.3 Å². The molecule has 2 aromatic heterocycles. The van der Waals surface area contributed by atoms with Gasteiger partial charge in [-0.1, -0.05) is 11.2 Å². The molecule has 2 aromatic rings. The Morgan fingerprint density at radius 1 is 1.52 bits per heavy atom. The molecule has 6 nitrogen and oxygen atoms in total. The largest absolute Gasteiger partial charge is 0.381 e. The van der Waals surface area contributed by atoms with E-state index in [1.807, 2.05) is 17.5 Å². The van der Waals surface area contributed by atoms with Crippen LogP contribution in [0.25, 0.3) is 0 Å². The van der Waals surface area contributed by atoms with Gasteiger partial charge in [0.25, 0.3) is 0 Å².